The van der Waals surface area contributed by atoms with Crippen LogP contribution in [0.4, 0.5) is 0 Å². The molecule has 3 heteroatoms. The fourth-order valence-corrected chi connectivity index (χ4v) is 0.195. The minimum Gasteiger partial charge on any atom is -0.403 e. The zero-order valence-electron chi connectivity index (χ0n) is 4.26. The van der Waals surface area contributed by atoms with Gasteiger partial charge < -0.3 is 16.2 Å². The van der Waals surface area contributed by atoms with E-state index in [0.717, 1.165) is 0 Å². The number of hydrogen-bond acceptors (Lipinski definition) is 3. The average Bonchev–Trinajstić information content (AvgIpc) is 1.61. The lowest BCUT2D eigenvalue weighted by Crippen LogP contribution is -2.18. The molecule has 4 N–H and O–H groups in total. The number of nitrogens with one attached hydrogen (secondary N) is 1. The molecule has 0 spiro atoms. The molecule has 0 heterocycles. The molecule has 0 fully saturated rings. The molecule has 0 aromatic carbocycles. The molecule has 0 bridgehead atoms. The van der Waals surface area contributed by atoms with Gasteiger partial charge >= 0.3 is 0 Å². The van der Waals surface area contributed by atoms with Crippen LogP contribution in [0.1, 0.15) is 6.92 Å². The Balaban J connectivity index is 2.97. The molecule has 1 unspecified atom stereocenters. The van der Waals surface area contributed by atoms with Crippen LogP contribution in [0.5, 0.6) is 0 Å². The molecule has 7 heavy (non-hydrogen) atoms. The Morgan fingerprint density at radius 3 is 2.57 bits per heavy atom. The van der Waals surface area contributed by atoms with E-state index in [4.69, 9.17) is 10.8 Å². The van der Waals surface area contributed by atoms with E-state index in [0.29, 0.717) is 0 Å². The van der Waals surface area contributed by atoms with Gasteiger partial charge in [-0.15, -0.1) is 0 Å². The van der Waals surface area contributed by atoms with Gasteiger partial charge in [-0.3, -0.25) is 0 Å². The second-order valence-electron chi connectivity index (χ2n) is 1.20. The van der Waals surface area contributed by atoms with Crippen molar-refractivity contribution in [2.75, 3.05) is 0 Å². The van der Waals surface area contributed by atoms with E-state index in [1.54, 1.807) is 6.92 Å². The van der Waals surface area contributed by atoms with Crippen LogP contribution in [0.25, 0.3) is 0 Å². The maximum atomic E-state index is 8.47. The Kier molecular flexibility index (Phi) is 3.14. The van der Waals surface area contributed by atoms with Crippen molar-refractivity contribution in [1.82, 2.24) is 5.32 Å². The van der Waals surface area contributed by atoms with Crippen molar-refractivity contribution in [2.24, 2.45) is 5.73 Å². The van der Waals surface area contributed by atoms with E-state index in [9.17, 15) is 0 Å². The first-order chi connectivity index (χ1) is 3.27. The molecule has 0 amide bonds. The van der Waals surface area contributed by atoms with Gasteiger partial charge in [-0.1, -0.05) is 0 Å². The average molecular weight is 102 g/mol. The summed E-state index contributed by atoms with van der Waals surface area (Å²) < 4.78 is 0. The first-order valence-corrected chi connectivity index (χ1v) is 2.08. The SMILES string of the molecule is CC(O)N/C=C/N. The van der Waals surface area contributed by atoms with Gasteiger partial charge in [0.25, 0.3) is 0 Å². The van der Waals surface area contributed by atoms with Crippen molar-refractivity contribution in [2.45, 2.75) is 13.2 Å². The fourth-order valence-electron chi connectivity index (χ4n) is 0.195. The summed E-state index contributed by atoms with van der Waals surface area (Å²) in [6.07, 6.45) is 2.29. The van der Waals surface area contributed by atoms with Crippen molar-refractivity contribution >= 4 is 0 Å². The first kappa shape index (κ1) is 6.30. The molecular weight excluding hydrogens is 92.1 g/mol. The van der Waals surface area contributed by atoms with Crippen LogP contribution in [0.2, 0.25) is 0 Å². The number of hydrogen-bond donors (Lipinski definition) is 3. The van der Waals surface area contributed by atoms with Gasteiger partial charge in [-0.2, -0.15) is 0 Å². The Bertz CT molecular complexity index is 60.7. The molecule has 0 saturated heterocycles. The summed E-state index contributed by atoms with van der Waals surface area (Å²) in [6.45, 7) is 1.61. The molecule has 1 atom stereocenters. The highest BCUT2D eigenvalue weighted by Gasteiger charge is 1.81. The lowest BCUT2D eigenvalue weighted by molar-refractivity contribution is 0.173. The highest BCUT2D eigenvalue weighted by Crippen LogP contribution is 1.67. The summed E-state index contributed by atoms with van der Waals surface area (Å²) in [4.78, 5) is 0. The van der Waals surface area contributed by atoms with E-state index in [1.807, 2.05) is 0 Å². The van der Waals surface area contributed by atoms with Crippen molar-refractivity contribution in [3.63, 3.8) is 0 Å². The predicted octanol–water partition coefficient (Wildman–Crippen LogP) is -0.656. The smallest absolute Gasteiger partial charge is 0.121 e. The molecule has 0 aromatic rings. The molecular formula is C4H10N2O. The zero-order valence-corrected chi connectivity index (χ0v) is 4.26. The van der Waals surface area contributed by atoms with Crippen LogP contribution in [-0.4, -0.2) is 11.3 Å². The van der Waals surface area contributed by atoms with Crippen LogP contribution < -0.4 is 11.1 Å². The monoisotopic (exact) mass is 102 g/mol. The summed E-state index contributed by atoms with van der Waals surface area (Å²) in [5, 5.41) is 11.0. The van der Waals surface area contributed by atoms with Gasteiger partial charge in [0.15, 0.2) is 0 Å². The Labute approximate surface area is 42.8 Å². The lowest BCUT2D eigenvalue weighted by atomic mass is 10.6. The maximum absolute atomic E-state index is 8.47. The predicted molar refractivity (Wildman–Crippen MR) is 28.1 cm³/mol. The normalized spacial score (nSPS) is 14.6. The van der Waals surface area contributed by atoms with E-state index in [2.05, 4.69) is 5.32 Å². The summed E-state index contributed by atoms with van der Waals surface area (Å²) >= 11 is 0. The van der Waals surface area contributed by atoms with Crippen molar-refractivity contribution in [1.29, 1.82) is 0 Å². The second-order valence-corrected chi connectivity index (χ2v) is 1.20. The molecule has 0 aliphatic heterocycles. The van der Waals surface area contributed by atoms with Crippen LogP contribution in [0.3, 0.4) is 0 Å². The fraction of sp³-hybridized carbons (Fsp3) is 0.500. The lowest BCUT2D eigenvalue weighted by Gasteiger charge is -1.99. The molecule has 0 aromatic heterocycles. The molecule has 0 saturated carbocycles. The van der Waals surface area contributed by atoms with E-state index >= 15 is 0 Å². The molecule has 0 aliphatic rings. The van der Waals surface area contributed by atoms with Gasteiger partial charge in [0.05, 0.1) is 0 Å². The van der Waals surface area contributed by atoms with Gasteiger partial charge in [0, 0.05) is 12.4 Å². The first-order valence-electron chi connectivity index (χ1n) is 2.08. The third-order valence-electron chi connectivity index (χ3n) is 0.434. The number of rotatable bonds is 2. The van der Waals surface area contributed by atoms with Crippen molar-refractivity contribution < 1.29 is 5.11 Å². The Morgan fingerprint density at radius 1 is 1.86 bits per heavy atom. The minimum atomic E-state index is -0.514. The molecule has 0 aliphatic carbocycles. The molecule has 42 valence electrons. The van der Waals surface area contributed by atoms with Gasteiger partial charge in [-0.25, -0.2) is 0 Å². The van der Waals surface area contributed by atoms with Crippen LogP contribution in [0.15, 0.2) is 12.4 Å². The summed E-state index contributed by atoms with van der Waals surface area (Å²) in [5.41, 5.74) is 4.92. The number of aliphatic hydroxyl groups is 1. The maximum Gasteiger partial charge on any atom is 0.121 e. The Hall–Kier alpha value is -0.700. The van der Waals surface area contributed by atoms with Gasteiger partial charge in [0.2, 0.25) is 0 Å². The standard InChI is InChI=1S/C4H10N2O/c1-4(7)6-3-2-5/h2-4,6-7H,5H2,1H3/b3-2+. The van der Waals surface area contributed by atoms with Crippen molar-refractivity contribution in [3.8, 4) is 0 Å². The van der Waals surface area contributed by atoms with Gasteiger partial charge in [0.1, 0.15) is 6.23 Å². The molecule has 0 rings (SSSR count). The van der Waals surface area contributed by atoms with Crippen LogP contribution >= 0.6 is 0 Å². The quantitative estimate of drug-likeness (QED) is 0.406. The van der Waals surface area contributed by atoms with E-state index < -0.39 is 6.23 Å². The molecule has 3 nitrogen and oxygen atoms in total. The van der Waals surface area contributed by atoms with E-state index in [-0.39, 0.29) is 0 Å². The molecule has 0 radical (unpaired) electrons. The number of aliphatic hydroxyl groups excluding tert-OH is 1. The minimum absolute atomic E-state index is 0.514. The van der Waals surface area contributed by atoms with Crippen LogP contribution in [0, 0.1) is 0 Å². The van der Waals surface area contributed by atoms with E-state index in [1.165, 1.54) is 12.4 Å². The van der Waals surface area contributed by atoms with Gasteiger partial charge in [-0.05, 0) is 6.92 Å². The summed E-state index contributed by atoms with van der Waals surface area (Å²) in [7, 11) is 0. The topological polar surface area (TPSA) is 58.3 Å². The number of nitrogens with two attached hydrogens (primary N) is 1. The second kappa shape index (κ2) is 3.49. The van der Waals surface area contributed by atoms with Crippen molar-refractivity contribution in [3.05, 3.63) is 12.4 Å². The third-order valence-corrected chi connectivity index (χ3v) is 0.434. The summed E-state index contributed by atoms with van der Waals surface area (Å²) in [6, 6.07) is 0. The van der Waals surface area contributed by atoms with Crippen LogP contribution in [-0.2, 0) is 0 Å². The highest BCUT2D eigenvalue weighted by atomic mass is 16.3. The largest absolute Gasteiger partial charge is 0.403 e. The zero-order chi connectivity index (χ0) is 5.70. The highest BCUT2D eigenvalue weighted by molar-refractivity contribution is 4.72. The Morgan fingerprint density at radius 2 is 2.43 bits per heavy atom. The summed E-state index contributed by atoms with van der Waals surface area (Å²) in [5.74, 6) is 0. The third kappa shape index (κ3) is 5.30.